The summed E-state index contributed by atoms with van der Waals surface area (Å²) in [6.45, 7) is 6.25. The molecule has 0 saturated heterocycles. The standard InChI is InChI=1S/C17H18N4/c1-11-9-12(2)15(13(3)10-11)16-17(18)21(20-19-16)14-7-5-4-6-8-14/h4-10H,18H2,1-3H3. The van der Waals surface area contributed by atoms with Gasteiger partial charge in [0.1, 0.15) is 5.69 Å². The third-order valence-corrected chi connectivity index (χ3v) is 3.62. The van der Waals surface area contributed by atoms with Crippen LogP contribution < -0.4 is 5.73 Å². The van der Waals surface area contributed by atoms with Crippen molar-refractivity contribution in [1.29, 1.82) is 0 Å². The Morgan fingerprint density at radius 1 is 0.952 bits per heavy atom. The molecule has 0 atom stereocenters. The molecule has 3 aromatic rings. The van der Waals surface area contributed by atoms with Crippen molar-refractivity contribution in [3.63, 3.8) is 0 Å². The molecule has 0 fully saturated rings. The van der Waals surface area contributed by atoms with Crippen LogP contribution in [0.2, 0.25) is 0 Å². The summed E-state index contributed by atoms with van der Waals surface area (Å²) in [6.07, 6.45) is 0. The first-order chi connectivity index (χ1) is 10.1. The number of nitrogen functional groups attached to an aromatic ring is 1. The van der Waals surface area contributed by atoms with E-state index in [1.165, 1.54) is 16.7 Å². The monoisotopic (exact) mass is 278 g/mol. The van der Waals surface area contributed by atoms with Crippen molar-refractivity contribution < 1.29 is 0 Å². The molecule has 0 aliphatic heterocycles. The molecular formula is C17H18N4. The first kappa shape index (κ1) is 13.4. The van der Waals surface area contributed by atoms with Crippen LogP contribution in [0.25, 0.3) is 16.9 Å². The number of rotatable bonds is 2. The quantitative estimate of drug-likeness (QED) is 0.781. The summed E-state index contributed by atoms with van der Waals surface area (Å²) < 4.78 is 1.67. The van der Waals surface area contributed by atoms with Gasteiger partial charge in [-0.2, -0.15) is 4.68 Å². The van der Waals surface area contributed by atoms with Gasteiger partial charge < -0.3 is 5.73 Å². The maximum Gasteiger partial charge on any atom is 0.155 e. The summed E-state index contributed by atoms with van der Waals surface area (Å²) in [5, 5.41) is 8.51. The summed E-state index contributed by atoms with van der Waals surface area (Å²) >= 11 is 0. The molecule has 0 aliphatic rings. The number of nitrogens with zero attached hydrogens (tertiary/aromatic N) is 3. The molecule has 0 saturated carbocycles. The number of aryl methyl sites for hydroxylation is 3. The molecule has 2 N–H and O–H groups in total. The number of para-hydroxylation sites is 1. The highest BCUT2D eigenvalue weighted by Gasteiger charge is 2.16. The first-order valence-electron chi connectivity index (χ1n) is 6.92. The highest BCUT2D eigenvalue weighted by molar-refractivity contribution is 5.76. The van der Waals surface area contributed by atoms with Gasteiger partial charge in [-0.05, 0) is 44.0 Å². The van der Waals surface area contributed by atoms with Crippen LogP contribution >= 0.6 is 0 Å². The zero-order valence-corrected chi connectivity index (χ0v) is 12.5. The molecule has 106 valence electrons. The van der Waals surface area contributed by atoms with E-state index in [4.69, 9.17) is 5.73 Å². The Labute approximate surface area is 124 Å². The van der Waals surface area contributed by atoms with Gasteiger partial charge in [0.05, 0.1) is 5.69 Å². The van der Waals surface area contributed by atoms with Crippen LogP contribution in [0.15, 0.2) is 42.5 Å². The number of aromatic nitrogens is 3. The van der Waals surface area contributed by atoms with Gasteiger partial charge in [0.2, 0.25) is 0 Å². The Bertz CT molecular complexity index is 765. The molecule has 0 radical (unpaired) electrons. The minimum absolute atomic E-state index is 0.566. The number of hydrogen-bond acceptors (Lipinski definition) is 3. The van der Waals surface area contributed by atoms with Crippen molar-refractivity contribution in [1.82, 2.24) is 15.0 Å². The Morgan fingerprint density at radius 3 is 2.19 bits per heavy atom. The maximum atomic E-state index is 6.28. The summed E-state index contributed by atoms with van der Waals surface area (Å²) in [5.74, 6) is 0.566. The zero-order valence-electron chi connectivity index (χ0n) is 12.5. The van der Waals surface area contributed by atoms with Gasteiger partial charge in [-0.15, -0.1) is 5.10 Å². The molecule has 0 spiro atoms. The van der Waals surface area contributed by atoms with Gasteiger partial charge in [0.25, 0.3) is 0 Å². The Balaban J connectivity index is 2.16. The summed E-state index contributed by atoms with van der Waals surface area (Å²) in [6, 6.07) is 14.1. The smallest absolute Gasteiger partial charge is 0.155 e. The van der Waals surface area contributed by atoms with Crippen molar-refractivity contribution in [3.8, 4) is 16.9 Å². The third-order valence-electron chi connectivity index (χ3n) is 3.62. The molecule has 4 heteroatoms. The lowest BCUT2D eigenvalue weighted by molar-refractivity contribution is 0.810. The van der Waals surface area contributed by atoms with E-state index in [1.54, 1.807) is 4.68 Å². The van der Waals surface area contributed by atoms with Crippen LogP contribution in [0.3, 0.4) is 0 Å². The average molecular weight is 278 g/mol. The molecule has 0 bridgehead atoms. The van der Waals surface area contributed by atoms with Gasteiger partial charge in [0, 0.05) is 5.56 Å². The molecule has 1 aromatic heterocycles. The largest absolute Gasteiger partial charge is 0.382 e. The van der Waals surface area contributed by atoms with Crippen molar-refractivity contribution in [2.75, 3.05) is 5.73 Å². The second kappa shape index (κ2) is 5.05. The number of anilines is 1. The van der Waals surface area contributed by atoms with E-state index >= 15 is 0 Å². The molecule has 4 nitrogen and oxygen atoms in total. The third kappa shape index (κ3) is 2.29. The number of nitrogens with two attached hydrogens (primary N) is 1. The highest BCUT2D eigenvalue weighted by atomic mass is 15.5. The second-order valence-corrected chi connectivity index (χ2v) is 5.34. The molecule has 21 heavy (non-hydrogen) atoms. The van der Waals surface area contributed by atoms with Crippen LogP contribution in [0.1, 0.15) is 16.7 Å². The molecule has 1 heterocycles. The van der Waals surface area contributed by atoms with Crippen molar-refractivity contribution in [3.05, 3.63) is 59.2 Å². The first-order valence-corrected chi connectivity index (χ1v) is 6.92. The SMILES string of the molecule is Cc1cc(C)c(-c2nnn(-c3ccccc3)c2N)c(C)c1. The summed E-state index contributed by atoms with van der Waals surface area (Å²) in [5.41, 5.74) is 12.6. The second-order valence-electron chi connectivity index (χ2n) is 5.34. The Morgan fingerprint density at radius 2 is 1.57 bits per heavy atom. The summed E-state index contributed by atoms with van der Waals surface area (Å²) in [4.78, 5) is 0. The van der Waals surface area contributed by atoms with E-state index in [9.17, 15) is 0 Å². The fourth-order valence-electron chi connectivity index (χ4n) is 2.78. The van der Waals surface area contributed by atoms with Crippen molar-refractivity contribution in [2.24, 2.45) is 0 Å². The number of benzene rings is 2. The molecule has 2 aromatic carbocycles. The van der Waals surface area contributed by atoms with Crippen LogP contribution in [-0.2, 0) is 0 Å². The molecule has 0 amide bonds. The minimum Gasteiger partial charge on any atom is -0.382 e. The van der Waals surface area contributed by atoms with E-state index in [1.807, 2.05) is 30.3 Å². The van der Waals surface area contributed by atoms with Crippen LogP contribution in [0, 0.1) is 20.8 Å². The summed E-state index contributed by atoms with van der Waals surface area (Å²) in [7, 11) is 0. The van der Waals surface area contributed by atoms with E-state index in [0.717, 1.165) is 16.9 Å². The van der Waals surface area contributed by atoms with Gasteiger partial charge in [-0.1, -0.05) is 41.1 Å². The predicted octanol–water partition coefficient (Wildman–Crippen LogP) is 3.44. The van der Waals surface area contributed by atoms with Crippen LogP contribution in [0.4, 0.5) is 5.82 Å². The normalized spacial score (nSPS) is 10.8. The number of hydrogen-bond donors (Lipinski definition) is 1. The molecular weight excluding hydrogens is 260 g/mol. The van der Waals surface area contributed by atoms with Gasteiger partial charge in [-0.25, -0.2) is 0 Å². The van der Waals surface area contributed by atoms with Crippen LogP contribution in [-0.4, -0.2) is 15.0 Å². The van der Waals surface area contributed by atoms with Crippen molar-refractivity contribution >= 4 is 5.82 Å². The van der Waals surface area contributed by atoms with E-state index < -0.39 is 0 Å². The topological polar surface area (TPSA) is 56.7 Å². The van der Waals surface area contributed by atoms with E-state index in [0.29, 0.717) is 5.82 Å². The van der Waals surface area contributed by atoms with E-state index in [2.05, 4.69) is 43.2 Å². The van der Waals surface area contributed by atoms with Crippen LogP contribution in [0.5, 0.6) is 0 Å². The Kier molecular flexibility index (Phi) is 3.22. The van der Waals surface area contributed by atoms with Gasteiger partial charge in [0.15, 0.2) is 5.82 Å². The molecule has 0 aliphatic carbocycles. The lowest BCUT2D eigenvalue weighted by Gasteiger charge is -2.10. The predicted molar refractivity (Wildman–Crippen MR) is 85.4 cm³/mol. The lowest BCUT2D eigenvalue weighted by Crippen LogP contribution is -2.02. The fourth-order valence-corrected chi connectivity index (χ4v) is 2.78. The molecule has 3 rings (SSSR count). The van der Waals surface area contributed by atoms with Gasteiger partial charge >= 0.3 is 0 Å². The maximum absolute atomic E-state index is 6.28. The van der Waals surface area contributed by atoms with E-state index in [-0.39, 0.29) is 0 Å². The lowest BCUT2D eigenvalue weighted by atomic mass is 9.97. The minimum atomic E-state index is 0.566. The van der Waals surface area contributed by atoms with Gasteiger partial charge in [-0.3, -0.25) is 0 Å². The Hall–Kier alpha value is -2.62. The highest BCUT2D eigenvalue weighted by Crippen LogP contribution is 2.31. The molecule has 0 unspecified atom stereocenters. The zero-order chi connectivity index (χ0) is 15.0. The average Bonchev–Trinajstić information content (AvgIpc) is 2.81. The van der Waals surface area contributed by atoms with Crippen molar-refractivity contribution in [2.45, 2.75) is 20.8 Å². The fraction of sp³-hybridized carbons (Fsp3) is 0.176.